The lowest BCUT2D eigenvalue weighted by atomic mass is 10.1. The predicted octanol–water partition coefficient (Wildman–Crippen LogP) is 4.15. The van der Waals surface area contributed by atoms with Crippen molar-refractivity contribution in [3.63, 3.8) is 0 Å². The van der Waals surface area contributed by atoms with Crippen LogP contribution in [0.3, 0.4) is 0 Å². The van der Waals surface area contributed by atoms with Gasteiger partial charge in [-0.15, -0.1) is 0 Å². The highest BCUT2D eigenvalue weighted by molar-refractivity contribution is 9.09. The summed E-state index contributed by atoms with van der Waals surface area (Å²) in [5, 5.41) is 1.79. The predicted molar refractivity (Wildman–Crippen MR) is 109 cm³/mol. The van der Waals surface area contributed by atoms with E-state index in [1.165, 1.54) is 0 Å². The Morgan fingerprint density at radius 1 is 1.11 bits per heavy atom. The van der Waals surface area contributed by atoms with E-state index in [4.69, 9.17) is 14.9 Å². The number of rotatable bonds is 5. The molecule has 0 aliphatic rings. The summed E-state index contributed by atoms with van der Waals surface area (Å²) in [6.45, 7) is 0.612. The number of nitrogen functional groups attached to an aromatic ring is 1. The monoisotopic (exact) mass is 425 g/mol. The summed E-state index contributed by atoms with van der Waals surface area (Å²) >= 11 is 3.38. The maximum Gasteiger partial charge on any atom is 0.349 e. The van der Waals surface area contributed by atoms with Crippen LogP contribution in [0.1, 0.15) is 6.42 Å². The Morgan fingerprint density at radius 3 is 2.81 bits per heavy atom. The van der Waals surface area contributed by atoms with Crippen LogP contribution in [0.5, 0.6) is 5.75 Å². The quantitative estimate of drug-likeness (QED) is 0.223. The van der Waals surface area contributed by atoms with Crippen LogP contribution in [-0.4, -0.2) is 21.9 Å². The zero-order chi connectivity index (χ0) is 18.8. The molecule has 6 nitrogen and oxygen atoms in total. The Kier molecular flexibility index (Phi) is 4.77. The number of para-hydroxylation sites is 1. The van der Waals surface area contributed by atoms with Crippen molar-refractivity contribution in [2.45, 2.75) is 6.42 Å². The first kappa shape index (κ1) is 17.5. The van der Waals surface area contributed by atoms with Crippen LogP contribution in [0, 0.1) is 0 Å². The van der Waals surface area contributed by atoms with E-state index in [0.717, 1.165) is 23.1 Å². The van der Waals surface area contributed by atoms with Gasteiger partial charge in [0.25, 0.3) is 0 Å². The average Bonchev–Trinajstić information content (AvgIpc) is 2.68. The molecule has 0 atom stereocenters. The lowest BCUT2D eigenvalue weighted by molar-refractivity contribution is 0.319. The molecule has 4 aromatic rings. The molecular weight excluding hydrogens is 410 g/mol. The molecule has 0 spiro atoms. The molecule has 4 rings (SSSR count). The Hall–Kier alpha value is -2.93. The van der Waals surface area contributed by atoms with Crippen molar-refractivity contribution >= 4 is 43.6 Å². The number of hydrogen-bond acceptors (Lipinski definition) is 6. The van der Waals surface area contributed by atoms with Crippen LogP contribution in [0.25, 0.3) is 33.3 Å². The minimum absolute atomic E-state index is 0.0973. The number of hydrogen-bond donors (Lipinski definition) is 1. The van der Waals surface area contributed by atoms with E-state index in [0.29, 0.717) is 28.9 Å². The molecule has 0 aliphatic heterocycles. The Labute approximate surface area is 163 Å². The van der Waals surface area contributed by atoms with Crippen LogP contribution in [0.4, 0.5) is 5.82 Å². The van der Waals surface area contributed by atoms with Crippen LogP contribution in [0.2, 0.25) is 0 Å². The Bertz CT molecular complexity index is 1190. The van der Waals surface area contributed by atoms with E-state index >= 15 is 0 Å². The fourth-order valence-corrected chi connectivity index (χ4v) is 3.10. The molecule has 136 valence electrons. The summed E-state index contributed by atoms with van der Waals surface area (Å²) in [5.74, 6) is 1.26. The molecule has 2 N–H and O–H groups in total. The number of nitrogens with two attached hydrogens (primary N) is 1. The van der Waals surface area contributed by atoms with Gasteiger partial charge in [-0.05, 0) is 30.7 Å². The number of nitrogens with zero attached hydrogens (tertiary/aromatic N) is 2. The third-order valence-electron chi connectivity index (χ3n) is 4.12. The van der Waals surface area contributed by atoms with Crippen molar-refractivity contribution in [2.24, 2.45) is 0 Å². The Morgan fingerprint density at radius 2 is 1.96 bits per heavy atom. The van der Waals surface area contributed by atoms with E-state index in [9.17, 15) is 4.79 Å². The molecule has 27 heavy (non-hydrogen) atoms. The number of anilines is 1. The number of alkyl halides is 1. The third kappa shape index (κ3) is 3.38. The molecule has 0 amide bonds. The summed E-state index contributed by atoms with van der Waals surface area (Å²) in [7, 11) is 0. The zero-order valence-electron chi connectivity index (χ0n) is 14.3. The molecule has 0 saturated carbocycles. The van der Waals surface area contributed by atoms with Gasteiger partial charge in [0, 0.05) is 16.3 Å². The maximum atomic E-state index is 12.3. The van der Waals surface area contributed by atoms with Crippen molar-refractivity contribution in [3.05, 3.63) is 59.0 Å². The average molecular weight is 426 g/mol. The van der Waals surface area contributed by atoms with Gasteiger partial charge in [-0.2, -0.15) is 0 Å². The molecule has 0 radical (unpaired) electrons. The molecule has 2 aromatic carbocycles. The summed E-state index contributed by atoms with van der Waals surface area (Å²) in [6.07, 6.45) is 0.908. The van der Waals surface area contributed by atoms with E-state index in [1.807, 2.05) is 36.4 Å². The highest BCUT2D eigenvalue weighted by Gasteiger charge is 2.15. The molecular formula is C20H16BrN3O3. The molecule has 0 unspecified atom stereocenters. The van der Waals surface area contributed by atoms with E-state index in [1.54, 1.807) is 12.1 Å². The number of halogens is 1. The van der Waals surface area contributed by atoms with Gasteiger partial charge in [0.1, 0.15) is 22.5 Å². The van der Waals surface area contributed by atoms with Crippen LogP contribution in [-0.2, 0) is 0 Å². The number of benzene rings is 2. The number of fused-ring (bicyclic) bond motifs is 3. The summed E-state index contributed by atoms with van der Waals surface area (Å²) in [4.78, 5) is 21.3. The van der Waals surface area contributed by atoms with E-state index < -0.39 is 5.63 Å². The number of ether oxygens (including phenoxy) is 1. The minimum Gasteiger partial charge on any atom is -0.494 e. The normalized spacial score (nSPS) is 11.1. The van der Waals surface area contributed by atoms with Gasteiger partial charge in [0.2, 0.25) is 0 Å². The standard InChI is InChI=1S/C20H16BrN3O3/c21-9-4-10-26-13-6-3-5-12(11-13)19-23-17-14-7-1-2-8-15(14)27-20(25)16(17)18(22)24-19/h1-3,5-8,11H,4,9-10H2,(H2,22,23,24). The second-order valence-corrected chi connectivity index (χ2v) is 6.75. The molecule has 0 aliphatic carbocycles. The number of aromatic nitrogens is 2. The van der Waals surface area contributed by atoms with Gasteiger partial charge in [-0.1, -0.05) is 40.2 Å². The maximum absolute atomic E-state index is 12.3. The second-order valence-electron chi connectivity index (χ2n) is 5.96. The molecule has 2 heterocycles. The van der Waals surface area contributed by atoms with Crippen molar-refractivity contribution < 1.29 is 9.15 Å². The smallest absolute Gasteiger partial charge is 0.349 e. The lowest BCUT2D eigenvalue weighted by Crippen LogP contribution is -2.08. The molecule has 0 saturated heterocycles. The SMILES string of the molecule is Nc1nc(-c2cccc(OCCCBr)c2)nc2c1c(=O)oc1ccccc12. The van der Waals surface area contributed by atoms with Crippen molar-refractivity contribution in [1.29, 1.82) is 0 Å². The van der Waals surface area contributed by atoms with Crippen molar-refractivity contribution in [3.8, 4) is 17.1 Å². The first-order valence-corrected chi connectivity index (χ1v) is 9.58. The fraction of sp³-hybridized carbons (Fsp3) is 0.150. The highest BCUT2D eigenvalue weighted by atomic mass is 79.9. The van der Waals surface area contributed by atoms with Gasteiger partial charge >= 0.3 is 5.63 Å². The first-order chi connectivity index (χ1) is 13.2. The zero-order valence-corrected chi connectivity index (χ0v) is 15.9. The van der Waals surface area contributed by atoms with Gasteiger partial charge in [0.05, 0.1) is 12.1 Å². The largest absolute Gasteiger partial charge is 0.494 e. The van der Waals surface area contributed by atoms with E-state index in [-0.39, 0.29) is 11.2 Å². The minimum atomic E-state index is -0.542. The third-order valence-corrected chi connectivity index (χ3v) is 4.69. The van der Waals surface area contributed by atoms with Gasteiger partial charge in [-0.3, -0.25) is 0 Å². The van der Waals surface area contributed by atoms with Crippen LogP contribution in [0.15, 0.2) is 57.7 Å². The van der Waals surface area contributed by atoms with Gasteiger partial charge in [0.15, 0.2) is 5.82 Å². The van der Waals surface area contributed by atoms with Gasteiger partial charge in [-0.25, -0.2) is 14.8 Å². The van der Waals surface area contributed by atoms with Gasteiger partial charge < -0.3 is 14.9 Å². The molecule has 0 fully saturated rings. The van der Waals surface area contributed by atoms with Crippen molar-refractivity contribution in [1.82, 2.24) is 9.97 Å². The highest BCUT2D eigenvalue weighted by Crippen LogP contribution is 2.28. The molecule has 0 bridgehead atoms. The van der Waals surface area contributed by atoms with Crippen LogP contribution < -0.4 is 16.1 Å². The topological polar surface area (TPSA) is 91.2 Å². The fourth-order valence-electron chi connectivity index (χ4n) is 2.88. The molecule has 7 heteroatoms. The van der Waals surface area contributed by atoms with Crippen molar-refractivity contribution in [2.75, 3.05) is 17.7 Å². The molecule has 2 aromatic heterocycles. The summed E-state index contributed by atoms with van der Waals surface area (Å²) in [5.41, 5.74) is 7.24. The second kappa shape index (κ2) is 7.36. The first-order valence-electron chi connectivity index (χ1n) is 8.45. The summed E-state index contributed by atoms with van der Waals surface area (Å²) in [6, 6.07) is 14.7. The summed E-state index contributed by atoms with van der Waals surface area (Å²) < 4.78 is 11.1. The van der Waals surface area contributed by atoms with E-state index in [2.05, 4.69) is 25.9 Å². The lowest BCUT2D eigenvalue weighted by Gasteiger charge is -2.09. The van der Waals surface area contributed by atoms with Crippen LogP contribution >= 0.6 is 15.9 Å². The Balaban J connectivity index is 1.87.